The zero-order valence-corrected chi connectivity index (χ0v) is 13.0. The summed E-state index contributed by atoms with van der Waals surface area (Å²) < 4.78 is 10.6. The summed E-state index contributed by atoms with van der Waals surface area (Å²) in [6, 6.07) is 4.07. The van der Waals surface area contributed by atoms with Crippen LogP contribution in [-0.4, -0.2) is 24.2 Å². The molecule has 0 amide bonds. The average molecular weight is 326 g/mol. The number of ether oxygens (including phenoxy) is 2. The highest BCUT2D eigenvalue weighted by Gasteiger charge is 2.18. The van der Waals surface area contributed by atoms with Crippen LogP contribution in [0.5, 0.6) is 11.5 Å². The Labute approximate surface area is 133 Å². The second-order valence-corrected chi connectivity index (χ2v) is 5.88. The van der Waals surface area contributed by atoms with Crippen molar-refractivity contribution < 1.29 is 9.47 Å². The van der Waals surface area contributed by atoms with Crippen molar-refractivity contribution in [1.29, 1.82) is 0 Å². The van der Waals surface area contributed by atoms with E-state index in [1.54, 1.807) is 12.3 Å². The molecule has 2 aliphatic rings. The molecule has 1 saturated carbocycles. The fourth-order valence-corrected chi connectivity index (χ4v) is 3.01. The maximum absolute atomic E-state index is 6.10. The lowest BCUT2D eigenvalue weighted by molar-refractivity contribution is 0.174. The van der Waals surface area contributed by atoms with Gasteiger partial charge in [-0.2, -0.15) is 5.10 Å². The van der Waals surface area contributed by atoms with Crippen molar-refractivity contribution in [3.05, 3.63) is 22.7 Å². The number of thiocarbonyl (C=S) groups is 1. The Balaban J connectivity index is 1.56. The van der Waals surface area contributed by atoms with E-state index in [2.05, 4.69) is 15.8 Å². The fraction of sp³-hybridized carbons (Fsp3) is 0.429. The third kappa shape index (κ3) is 3.57. The number of halogens is 1. The SMILES string of the molecule is S=C(N/N=C\c1cc(Cl)c2c(c1)OCO2)NC1CCCC1. The highest BCUT2D eigenvalue weighted by Crippen LogP contribution is 2.39. The Hall–Kier alpha value is -1.53. The van der Waals surface area contributed by atoms with Gasteiger partial charge in [0.2, 0.25) is 6.79 Å². The number of nitrogens with one attached hydrogen (secondary N) is 2. The maximum atomic E-state index is 6.10. The van der Waals surface area contributed by atoms with E-state index in [1.807, 2.05) is 6.07 Å². The van der Waals surface area contributed by atoms with Crippen LogP contribution < -0.4 is 20.2 Å². The van der Waals surface area contributed by atoms with E-state index in [-0.39, 0.29) is 6.79 Å². The first-order valence-electron chi connectivity index (χ1n) is 6.91. The Morgan fingerprint density at radius 2 is 2.14 bits per heavy atom. The van der Waals surface area contributed by atoms with Crippen molar-refractivity contribution in [1.82, 2.24) is 10.7 Å². The monoisotopic (exact) mass is 325 g/mol. The number of fused-ring (bicyclic) bond motifs is 1. The molecular weight excluding hydrogens is 310 g/mol. The van der Waals surface area contributed by atoms with Gasteiger partial charge in [0, 0.05) is 6.04 Å². The van der Waals surface area contributed by atoms with E-state index in [0.29, 0.717) is 27.7 Å². The Morgan fingerprint density at radius 1 is 1.33 bits per heavy atom. The van der Waals surface area contributed by atoms with Crippen molar-refractivity contribution in [3.8, 4) is 11.5 Å². The molecule has 1 heterocycles. The van der Waals surface area contributed by atoms with Crippen LogP contribution in [0.25, 0.3) is 0 Å². The van der Waals surface area contributed by atoms with Gasteiger partial charge in [-0.05, 0) is 42.8 Å². The molecular formula is C14H16ClN3O2S. The van der Waals surface area contributed by atoms with E-state index in [1.165, 1.54) is 25.7 Å². The van der Waals surface area contributed by atoms with Gasteiger partial charge in [-0.3, -0.25) is 5.43 Å². The van der Waals surface area contributed by atoms with Gasteiger partial charge < -0.3 is 14.8 Å². The lowest BCUT2D eigenvalue weighted by Crippen LogP contribution is -2.38. The Kier molecular flexibility index (Phi) is 4.45. The summed E-state index contributed by atoms with van der Waals surface area (Å²) in [6.07, 6.45) is 6.52. The summed E-state index contributed by atoms with van der Waals surface area (Å²) >= 11 is 11.3. The van der Waals surface area contributed by atoms with Gasteiger partial charge in [-0.1, -0.05) is 24.4 Å². The second kappa shape index (κ2) is 6.49. The first-order chi connectivity index (χ1) is 10.2. The van der Waals surface area contributed by atoms with Gasteiger partial charge in [0.15, 0.2) is 16.6 Å². The van der Waals surface area contributed by atoms with Gasteiger partial charge in [-0.15, -0.1) is 0 Å². The minimum Gasteiger partial charge on any atom is -0.454 e. The van der Waals surface area contributed by atoms with Crippen LogP contribution in [-0.2, 0) is 0 Å². The van der Waals surface area contributed by atoms with E-state index in [9.17, 15) is 0 Å². The molecule has 0 aromatic heterocycles. The molecule has 2 N–H and O–H groups in total. The van der Waals surface area contributed by atoms with Crippen LogP contribution in [0, 0.1) is 0 Å². The first kappa shape index (κ1) is 14.4. The topological polar surface area (TPSA) is 54.9 Å². The molecule has 0 atom stereocenters. The summed E-state index contributed by atoms with van der Waals surface area (Å²) in [7, 11) is 0. The number of rotatable bonds is 3. The molecule has 112 valence electrons. The lowest BCUT2D eigenvalue weighted by Gasteiger charge is -2.13. The minimum absolute atomic E-state index is 0.198. The third-order valence-corrected chi connectivity index (χ3v) is 4.01. The smallest absolute Gasteiger partial charge is 0.231 e. The normalized spacial score (nSPS) is 17.4. The summed E-state index contributed by atoms with van der Waals surface area (Å²) in [5, 5.41) is 8.43. The third-order valence-electron chi connectivity index (χ3n) is 3.52. The quantitative estimate of drug-likeness (QED) is 0.508. The molecule has 1 aromatic rings. The van der Waals surface area contributed by atoms with Crippen molar-refractivity contribution in [2.45, 2.75) is 31.7 Å². The number of hydrazone groups is 1. The highest BCUT2D eigenvalue weighted by molar-refractivity contribution is 7.80. The second-order valence-electron chi connectivity index (χ2n) is 5.06. The Bertz CT molecular complexity index is 574. The number of nitrogens with zero attached hydrogens (tertiary/aromatic N) is 1. The first-order valence-corrected chi connectivity index (χ1v) is 7.70. The molecule has 1 aliphatic carbocycles. The molecule has 0 unspecified atom stereocenters. The minimum atomic E-state index is 0.198. The zero-order chi connectivity index (χ0) is 14.7. The molecule has 1 fully saturated rings. The summed E-state index contributed by atoms with van der Waals surface area (Å²) in [6.45, 7) is 0.198. The largest absolute Gasteiger partial charge is 0.454 e. The molecule has 5 nitrogen and oxygen atoms in total. The van der Waals surface area contributed by atoms with Crippen molar-refractivity contribution in [2.24, 2.45) is 5.10 Å². The van der Waals surface area contributed by atoms with Crippen molar-refractivity contribution in [2.75, 3.05) is 6.79 Å². The van der Waals surface area contributed by atoms with Crippen LogP contribution in [0.4, 0.5) is 0 Å². The van der Waals surface area contributed by atoms with Gasteiger partial charge in [0.25, 0.3) is 0 Å². The molecule has 1 aromatic carbocycles. The number of hydrogen-bond acceptors (Lipinski definition) is 4. The number of hydrogen-bond donors (Lipinski definition) is 2. The molecule has 0 radical (unpaired) electrons. The van der Waals surface area contributed by atoms with E-state index in [4.69, 9.17) is 33.3 Å². The highest BCUT2D eigenvalue weighted by atomic mass is 35.5. The molecule has 0 spiro atoms. The summed E-state index contributed by atoms with van der Waals surface area (Å²) in [5.74, 6) is 1.22. The van der Waals surface area contributed by atoms with Gasteiger partial charge in [0.05, 0.1) is 11.2 Å². The van der Waals surface area contributed by atoms with E-state index in [0.717, 1.165) is 5.56 Å². The average Bonchev–Trinajstić information content (AvgIpc) is 3.09. The zero-order valence-electron chi connectivity index (χ0n) is 11.4. The predicted molar refractivity (Wildman–Crippen MR) is 86.3 cm³/mol. The summed E-state index contributed by atoms with van der Waals surface area (Å²) in [4.78, 5) is 0. The van der Waals surface area contributed by atoms with Crippen LogP contribution >= 0.6 is 23.8 Å². The van der Waals surface area contributed by atoms with Crippen LogP contribution in [0.15, 0.2) is 17.2 Å². The summed E-state index contributed by atoms with van der Waals surface area (Å²) in [5.41, 5.74) is 3.64. The van der Waals surface area contributed by atoms with Crippen LogP contribution in [0.2, 0.25) is 5.02 Å². The molecule has 7 heteroatoms. The molecule has 21 heavy (non-hydrogen) atoms. The molecule has 0 bridgehead atoms. The Morgan fingerprint density at radius 3 is 2.95 bits per heavy atom. The molecule has 0 saturated heterocycles. The maximum Gasteiger partial charge on any atom is 0.231 e. The lowest BCUT2D eigenvalue weighted by atomic mass is 10.2. The standard InChI is InChI=1S/C14H16ClN3O2S/c15-11-5-9(6-12-13(11)20-8-19-12)7-16-18-14(21)17-10-3-1-2-4-10/h5-7,10H,1-4,8H2,(H2,17,18,21)/b16-7-. The van der Waals surface area contributed by atoms with Crippen LogP contribution in [0.1, 0.15) is 31.2 Å². The van der Waals surface area contributed by atoms with Gasteiger partial charge >= 0.3 is 0 Å². The molecule has 1 aliphatic heterocycles. The fourth-order valence-electron chi connectivity index (χ4n) is 2.52. The van der Waals surface area contributed by atoms with Crippen molar-refractivity contribution >= 4 is 35.1 Å². The molecule has 3 rings (SSSR count). The van der Waals surface area contributed by atoms with Gasteiger partial charge in [-0.25, -0.2) is 0 Å². The van der Waals surface area contributed by atoms with E-state index >= 15 is 0 Å². The van der Waals surface area contributed by atoms with Crippen LogP contribution in [0.3, 0.4) is 0 Å². The van der Waals surface area contributed by atoms with Gasteiger partial charge in [0.1, 0.15) is 0 Å². The van der Waals surface area contributed by atoms with Crippen molar-refractivity contribution in [3.63, 3.8) is 0 Å². The number of benzene rings is 1. The predicted octanol–water partition coefficient (Wildman–Crippen LogP) is 2.81. The van der Waals surface area contributed by atoms with E-state index < -0.39 is 0 Å².